The highest BCUT2D eigenvalue weighted by Crippen LogP contribution is 2.29. The molecule has 2 rings (SSSR count). The molecule has 0 aliphatic carbocycles. The van der Waals surface area contributed by atoms with Crippen LogP contribution in [0.4, 0.5) is 0 Å². The van der Waals surface area contributed by atoms with Gasteiger partial charge in [-0.1, -0.05) is 13.8 Å². The van der Waals surface area contributed by atoms with E-state index in [1.54, 1.807) is 0 Å². The fourth-order valence-corrected chi connectivity index (χ4v) is 2.14. The molecule has 1 saturated heterocycles. The summed E-state index contributed by atoms with van der Waals surface area (Å²) in [5.74, 6) is -1.59. The Labute approximate surface area is 137 Å². The van der Waals surface area contributed by atoms with Gasteiger partial charge in [-0.3, -0.25) is 4.79 Å². The van der Waals surface area contributed by atoms with Gasteiger partial charge < -0.3 is 31.2 Å². The van der Waals surface area contributed by atoms with Crippen molar-refractivity contribution in [2.45, 2.75) is 44.4 Å². The molecule has 0 spiro atoms. The quantitative estimate of drug-likeness (QED) is 0.390. The zero-order valence-corrected chi connectivity index (χ0v) is 13.4. The largest absolute Gasteiger partial charge is 0.458 e. The van der Waals surface area contributed by atoms with E-state index >= 15 is 0 Å². The molecule has 24 heavy (non-hydrogen) atoms. The summed E-state index contributed by atoms with van der Waals surface area (Å²) < 4.78 is 11.6. The van der Waals surface area contributed by atoms with E-state index in [4.69, 9.17) is 15.2 Å². The lowest BCUT2D eigenvalue weighted by Crippen LogP contribution is -2.68. The van der Waals surface area contributed by atoms with Gasteiger partial charge in [0.15, 0.2) is 12.3 Å². The van der Waals surface area contributed by atoms with Gasteiger partial charge in [0.1, 0.15) is 31.2 Å². The minimum atomic E-state index is -1.34. The summed E-state index contributed by atoms with van der Waals surface area (Å²) in [4.78, 5) is 26.5. The molecule has 1 aromatic rings. The number of amides is 1. The third kappa shape index (κ3) is 3.70. The Balaban J connectivity index is 1.99. The number of nitrogens with zero attached hydrogens (tertiary/aromatic N) is 3. The summed E-state index contributed by atoms with van der Waals surface area (Å²) in [5.41, 5.74) is 8.76. The van der Waals surface area contributed by atoms with Gasteiger partial charge >= 0.3 is 5.97 Å². The number of carbonyl (C=O) groups excluding carboxylic acids is 2. The Kier molecular flexibility index (Phi) is 5.49. The molecule has 0 saturated carbocycles. The van der Waals surface area contributed by atoms with E-state index in [9.17, 15) is 19.8 Å². The van der Waals surface area contributed by atoms with Crippen LogP contribution in [0, 0.1) is 5.92 Å². The zero-order valence-electron chi connectivity index (χ0n) is 13.4. The average molecular weight is 344 g/mol. The third-order valence-corrected chi connectivity index (χ3v) is 3.82. The Morgan fingerprint density at radius 2 is 2.12 bits per heavy atom. The number of quaternary nitrogens is 1. The molecule has 11 heteroatoms. The molecule has 7 N–H and O–H groups in total. The first-order valence-corrected chi connectivity index (χ1v) is 7.44. The van der Waals surface area contributed by atoms with Crippen LogP contribution in [0.5, 0.6) is 0 Å². The van der Waals surface area contributed by atoms with Crippen LogP contribution in [0.1, 0.15) is 30.7 Å². The number of aliphatic hydroxyl groups excluding tert-OH is 2. The number of esters is 1. The fraction of sp³-hybridized carbons (Fsp3) is 0.692. The highest BCUT2D eigenvalue weighted by molar-refractivity contribution is 5.88. The van der Waals surface area contributed by atoms with Gasteiger partial charge in [-0.2, -0.15) is 0 Å². The van der Waals surface area contributed by atoms with Crippen LogP contribution < -0.4 is 11.5 Å². The number of aromatic nitrogens is 3. The molecule has 1 aromatic heterocycles. The van der Waals surface area contributed by atoms with E-state index in [0.29, 0.717) is 0 Å². The van der Waals surface area contributed by atoms with Crippen molar-refractivity contribution >= 4 is 11.9 Å². The van der Waals surface area contributed by atoms with E-state index in [1.807, 2.05) is 13.8 Å². The van der Waals surface area contributed by atoms with Crippen LogP contribution in [0.15, 0.2) is 6.33 Å². The highest BCUT2D eigenvalue weighted by Gasteiger charge is 2.45. The van der Waals surface area contributed by atoms with Crippen molar-refractivity contribution in [1.82, 2.24) is 14.8 Å². The van der Waals surface area contributed by atoms with Crippen LogP contribution in [0.3, 0.4) is 0 Å². The molecule has 1 aliphatic rings. The molecule has 1 fully saturated rings. The van der Waals surface area contributed by atoms with Gasteiger partial charge in [-0.05, 0) is 0 Å². The van der Waals surface area contributed by atoms with Gasteiger partial charge in [0, 0.05) is 5.92 Å². The number of hydrogen-bond donors (Lipinski definition) is 4. The summed E-state index contributed by atoms with van der Waals surface area (Å²) in [6.07, 6.45) is -3.51. The van der Waals surface area contributed by atoms with Gasteiger partial charge in [-0.15, -0.1) is 5.10 Å². The predicted octanol–water partition coefficient (Wildman–Crippen LogP) is -3.19. The van der Waals surface area contributed by atoms with Gasteiger partial charge in [-0.25, -0.2) is 14.5 Å². The Morgan fingerprint density at radius 3 is 2.67 bits per heavy atom. The first-order chi connectivity index (χ1) is 11.2. The summed E-state index contributed by atoms with van der Waals surface area (Å²) in [7, 11) is 0. The van der Waals surface area contributed by atoms with Crippen LogP contribution in [0.25, 0.3) is 0 Å². The lowest BCUT2D eigenvalue weighted by atomic mass is 10.1. The second-order valence-corrected chi connectivity index (χ2v) is 5.94. The number of nitrogens with two attached hydrogens (primary N) is 1. The van der Waals surface area contributed by atoms with Crippen LogP contribution in [0.2, 0.25) is 0 Å². The van der Waals surface area contributed by atoms with Crippen molar-refractivity contribution in [2.75, 3.05) is 6.61 Å². The van der Waals surface area contributed by atoms with E-state index in [1.165, 1.54) is 0 Å². The lowest BCUT2D eigenvalue weighted by molar-refractivity contribution is -0.418. The number of rotatable bonds is 6. The molecular formula is C13H22N5O6+. The van der Waals surface area contributed by atoms with E-state index < -0.39 is 42.5 Å². The number of aliphatic hydroxyl groups is 2. The second kappa shape index (κ2) is 7.21. The molecule has 134 valence electrons. The van der Waals surface area contributed by atoms with Crippen molar-refractivity contribution in [3.8, 4) is 0 Å². The predicted molar refractivity (Wildman–Crippen MR) is 76.9 cm³/mol. The summed E-state index contributed by atoms with van der Waals surface area (Å²) in [6, 6.07) is -0.544. The number of primary amides is 1. The smallest absolute Gasteiger partial charge is 0.365 e. The molecule has 11 nitrogen and oxygen atoms in total. The maximum absolute atomic E-state index is 11.8. The van der Waals surface area contributed by atoms with Crippen molar-refractivity contribution in [2.24, 2.45) is 11.7 Å². The maximum atomic E-state index is 11.8. The summed E-state index contributed by atoms with van der Waals surface area (Å²) >= 11 is 0. The maximum Gasteiger partial charge on any atom is 0.365 e. The fourth-order valence-electron chi connectivity index (χ4n) is 2.14. The molecular weight excluding hydrogens is 322 g/mol. The molecule has 1 aliphatic heterocycles. The number of ether oxygens (including phenoxy) is 2. The van der Waals surface area contributed by atoms with Crippen molar-refractivity contribution in [3.05, 3.63) is 12.2 Å². The normalized spacial score (nSPS) is 28.1. The second-order valence-electron chi connectivity index (χ2n) is 5.94. The highest BCUT2D eigenvalue weighted by atomic mass is 16.6. The first-order valence-electron chi connectivity index (χ1n) is 7.44. The Hall–Kier alpha value is -2.08. The van der Waals surface area contributed by atoms with Crippen LogP contribution in [-0.4, -0.2) is 67.8 Å². The van der Waals surface area contributed by atoms with E-state index in [0.717, 1.165) is 11.0 Å². The van der Waals surface area contributed by atoms with Crippen molar-refractivity contribution in [3.63, 3.8) is 0 Å². The standard InChI is InChI=1S/C13H21N5O6/c1-5(2)7(14)13(22)23-3-6-8(19)9(20)12(24-6)18-4-16-11(17-18)10(15)21/h4-9,12,19-20H,3,14H2,1-2H3,(H2,15,21)/p+1/t6-,7?,8-,9-,12-/m0/s1. The SMILES string of the molecule is CC(C)C([NH3+])C(=O)OC[C@@H]1O[C@H](n2cnc(C(N)=O)n2)[C@@H](O)[C@H]1O. The molecule has 5 atom stereocenters. The number of hydrogen-bond acceptors (Lipinski definition) is 8. The monoisotopic (exact) mass is 344 g/mol. The summed E-state index contributed by atoms with van der Waals surface area (Å²) in [5, 5.41) is 23.9. The lowest BCUT2D eigenvalue weighted by Gasteiger charge is -2.16. The minimum absolute atomic E-state index is 0.00706. The molecule has 0 radical (unpaired) electrons. The molecule has 0 bridgehead atoms. The van der Waals surface area contributed by atoms with Gasteiger partial charge in [0.2, 0.25) is 5.82 Å². The summed E-state index contributed by atoms with van der Waals surface area (Å²) in [6.45, 7) is 3.42. The van der Waals surface area contributed by atoms with Gasteiger partial charge in [0.05, 0.1) is 0 Å². The van der Waals surface area contributed by atoms with Crippen molar-refractivity contribution < 1.29 is 35.0 Å². The first kappa shape index (κ1) is 18.3. The average Bonchev–Trinajstić information content (AvgIpc) is 3.11. The van der Waals surface area contributed by atoms with Crippen LogP contribution in [-0.2, 0) is 14.3 Å². The minimum Gasteiger partial charge on any atom is -0.458 e. The van der Waals surface area contributed by atoms with Gasteiger partial charge in [0.25, 0.3) is 5.91 Å². The molecule has 0 aromatic carbocycles. The van der Waals surface area contributed by atoms with E-state index in [-0.39, 0.29) is 18.3 Å². The van der Waals surface area contributed by atoms with E-state index in [2.05, 4.69) is 15.8 Å². The Bertz CT molecular complexity index is 605. The Morgan fingerprint density at radius 1 is 1.46 bits per heavy atom. The number of carbonyl (C=O) groups is 2. The molecule has 1 unspecified atom stereocenters. The molecule has 2 heterocycles. The zero-order chi connectivity index (χ0) is 18.0. The van der Waals surface area contributed by atoms with Crippen molar-refractivity contribution in [1.29, 1.82) is 0 Å². The molecule has 1 amide bonds. The van der Waals surface area contributed by atoms with Crippen LogP contribution >= 0.6 is 0 Å². The topological polar surface area (TPSA) is 177 Å². The third-order valence-electron chi connectivity index (χ3n) is 3.82.